The van der Waals surface area contributed by atoms with E-state index in [-0.39, 0.29) is 24.5 Å². The number of aliphatic hydroxyl groups is 2. The van der Waals surface area contributed by atoms with Gasteiger partial charge in [-0.2, -0.15) is 0 Å². The Morgan fingerprint density at radius 3 is 2.65 bits per heavy atom. The van der Waals surface area contributed by atoms with Crippen LogP contribution in [0.1, 0.15) is 72.6 Å². The number of aliphatic hydroxyl groups excluding tert-OH is 1. The van der Waals surface area contributed by atoms with Crippen molar-refractivity contribution >= 4 is 17.5 Å². The fraction of sp³-hybridized carbons (Fsp3) is 0.741. The van der Waals surface area contributed by atoms with Gasteiger partial charge in [-0.25, -0.2) is 4.39 Å². The fourth-order valence-corrected chi connectivity index (χ4v) is 7.79. The predicted octanol–water partition coefficient (Wildman–Crippen LogP) is 3.64. The SMILES string of the molecule is CCCCC(=O)OCC(=O)[C@@]1(O)C(C)CC2C3CCC4=CC(=O)C=CC4(C)[C@@]3(F)C(O)CC21C. The highest BCUT2D eigenvalue weighted by molar-refractivity contribution is 6.01. The van der Waals surface area contributed by atoms with E-state index >= 15 is 4.39 Å². The molecule has 0 spiro atoms. The summed E-state index contributed by atoms with van der Waals surface area (Å²) < 4.78 is 22.3. The second kappa shape index (κ2) is 8.37. The maximum absolute atomic E-state index is 17.1. The van der Waals surface area contributed by atoms with E-state index in [0.717, 1.165) is 6.42 Å². The highest BCUT2D eigenvalue weighted by atomic mass is 19.1. The third-order valence-corrected chi connectivity index (χ3v) is 9.75. The molecule has 4 aliphatic rings. The van der Waals surface area contributed by atoms with Crippen LogP contribution in [-0.2, 0) is 19.1 Å². The van der Waals surface area contributed by atoms with Crippen molar-refractivity contribution in [2.24, 2.45) is 28.6 Å². The molecule has 3 fully saturated rings. The maximum atomic E-state index is 17.1. The first-order valence-corrected chi connectivity index (χ1v) is 12.6. The van der Waals surface area contributed by atoms with Gasteiger partial charge in [0.2, 0.25) is 5.78 Å². The summed E-state index contributed by atoms with van der Waals surface area (Å²) in [7, 11) is 0. The minimum Gasteiger partial charge on any atom is -0.458 e. The maximum Gasteiger partial charge on any atom is 0.306 e. The van der Waals surface area contributed by atoms with Gasteiger partial charge in [0.15, 0.2) is 18.1 Å². The number of ether oxygens (including phenoxy) is 1. The van der Waals surface area contributed by atoms with E-state index in [1.54, 1.807) is 26.8 Å². The molecule has 0 aliphatic heterocycles. The van der Waals surface area contributed by atoms with Crippen molar-refractivity contribution in [1.29, 1.82) is 0 Å². The Balaban J connectivity index is 1.65. The van der Waals surface area contributed by atoms with Crippen LogP contribution in [0.4, 0.5) is 4.39 Å². The van der Waals surface area contributed by atoms with Gasteiger partial charge in [-0.3, -0.25) is 14.4 Å². The lowest BCUT2D eigenvalue weighted by atomic mass is 9.44. The van der Waals surface area contributed by atoms with Gasteiger partial charge < -0.3 is 14.9 Å². The number of carbonyl (C=O) groups is 3. The molecule has 8 atom stereocenters. The number of Topliss-reactive ketones (excluding diaryl/α,β-unsaturated/α-hetero) is 1. The highest BCUT2D eigenvalue weighted by Gasteiger charge is 2.75. The molecule has 4 rings (SSSR count). The van der Waals surface area contributed by atoms with Crippen molar-refractivity contribution in [3.8, 4) is 0 Å². The Morgan fingerprint density at radius 1 is 1.26 bits per heavy atom. The Kier molecular flexibility index (Phi) is 6.21. The number of allylic oxidation sites excluding steroid dienone is 4. The first kappa shape index (κ1) is 25.2. The van der Waals surface area contributed by atoms with Crippen LogP contribution in [0, 0.1) is 28.6 Å². The third kappa shape index (κ3) is 3.22. The van der Waals surface area contributed by atoms with E-state index in [0.29, 0.717) is 31.3 Å². The smallest absolute Gasteiger partial charge is 0.306 e. The Morgan fingerprint density at radius 2 is 1.97 bits per heavy atom. The molecule has 0 aromatic rings. The summed E-state index contributed by atoms with van der Waals surface area (Å²) in [4.78, 5) is 37.2. The van der Waals surface area contributed by atoms with E-state index < -0.39 is 58.4 Å². The number of fused-ring (bicyclic) bond motifs is 5. The van der Waals surface area contributed by atoms with Crippen LogP contribution in [0.2, 0.25) is 0 Å². The lowest BCUT2D eigenvalue weighted by Gasteiger charge is -2.62. The summed E-state index contributed by atoms with van der Waals surface area (Å²) in [6.07, 6.45) is 6.03. The number of halogens is 1. The van der Waals surface area contributed by atoms with Gasteiger partial charge >= 0.3 is 5.97 Å². The van der Waals surface area contributed by atoms with Crippen LogP contribution in [0.15, 0.2) is 23.8 Å². The molecule has 0 radical (unpaired) electrons. The molecule has 0 amide bonds. The Hall–Kier alpha value is -1.86. The number of hydrogen-bond acceptors (Lipinski definition) is 6. The van der Waals surface area contributed by atoms with Crippen molar-refractivity contribution in [3.05, 3.63) is 23.8 Å². The van der Waals surface area contributed by atoms with Crippen LogP contribution < -0.4 is 0 Å². The molecule has 4 aliphatic carbocycles. The Bertz CT molecular complexity index is 957. The van der Waals surface area contributed by atoms with Crippen molar-refractivity contribution in [2.45, 2.75) is 90.0 Å². The first-order valence-electron chi connectivity index (χ1n) is 12.6. The zero-order valence-electron chi connectivity index (χ0n) is 20.6. The molecule has 0 aromatic carbocycles. The van der Waals surface area contributed by atoms with Gasteiger partial charge in [0.25, 0.3) is 0 Å². The molecule has 0 aromatic heterocycles. The average Bonchev–Trinajstić information content (AvgIpc) is 2.99. The van der Waals surface area contributed by atoms with Gasteiger partial charge in [0.1, 0.15) is 5.60 Å². The summed E-state index contributed by atoms with van der Waals surface area (Å²) in [6, 6.07) is 0. The summed E-state index contributed by atoms with van der Waals surface area (Å²) >= 11 is 0. The quantitative estimate of drug-likeness (QED) is 0.568. The lowest BCUT2D eigenvalue weighted by Crippen LogP contribution is -2.69. The number of alkyl halides is 1. The zero-order chi connectivity index (χ0) is 25.1. The molecule has 7 heteroatoms. The van der Waals surface area contributed by atoms with Crippen molar-refractivity contribution in [3.63, 3.8) is 0 Å². The van der Waals surface area contributed by atoms with Gasteiger partial charge in [-0.05, 0) is 63.0 Å². The van der Waals surface area contributed by atoms with Gasteiger partial charge in [0.05, 0.1) is 6.10 Å². The monoisotopic (exact) mass is 476 g/mol. The molecule has 0 bridgehead atoms. The van der Waals surface area contributed by atoms with E-state index in [4.69, 9.17) is 4.74 Å². The molecular formula is C27H37FO6. The van der Waals surface area contributed by atoms with Gasteiger partial charge in [0, 0.05) is 23.2 Å². The summed E-state index contributed by atoms with van der Waals surface area (Å²) in [5, 5.41) is 23.2. The Labute approximate surface area is 200 Å². The lowest BCUT2D eigenvalue weighted by molar-refractivity contribution is -0.220. The number of ketones is 2. The van der Waals surface area contributed by atoms with Crippen molar-refractivity contribution < 1.29 is 33.7 Å². The van der Waals surface area contributed by atoms with E-state index in [1.165, 1.54) is 12.2 Å². The molecule has 34 heavy (non-hydrogen) atoms. The zero-order valence-corrected chi connectivity index (χ0v) is 20.6. The van der Waals surface area contributed by atoms with Crippen LogP contribution in [0.5, 0.6) is 0 Å². The van der Waals surface area contributed by atoms with Crippen molar-refractivity contribution in [2.75, 3.05) is 6.61 Å². The molecule has 6 nitrogen and oxygen atoms in total. The molecule has 6 unspecified atom stereocenters. The number of esters is 1. The van der Waals surface area contributed by atoms with Crippen LogP contribution >= 0.6 is 0 Å². The molecule has 0 heterocycles. The minimum atomic E-state index is -2.01. The van der Waals surface area contributed by atoms with Crippen LogP contribution in [0.3, 0.4) is 0 Å². The van der Waals surface area contributed by atoms with Gasteiger partial charge in [-0.15, -0.1) is 0 Å². The molecule has 0 saturated heterocycles. The third-order valence-electron chi connectivity index (χ3n) is 9.75. The molecule has 2 N–H and O–H groups in total. The van der Waals surface area contributed by atoms with Gasteiger partial charge in [-0.1, -0.05) is 38.8 Å². The minimum absolute atomic E-state index is 0.0916. The number of carbonyl (C=O) groups excluding carboxylic acids is 3. The highest BCUT2D eigenvalue weighted by Crippen LogP contribution is 2.70. The number of unbranched alkanes of at least 4 members (excludes halogenated alkanes) is 1. The fourth-order valence-electron chi connectivity index (χ4n) is 7.79. The second-order valence-electron chi connectivity index (χ2n) is 11.4. The number of rotatable bonds is 6. The number of hydrogen-bond donors (Lipinski definition) is 2. The van der Waals surface area contributed by atoms with E-state index in [9.17, 15) is 24.6 Å². The molecule has 188 valence electrons. The standard InChI is InChI=1S/C27H37FO6/c1-5-6-7-23(32)34-15-22(31)27(33)16(2)12-20-19-9-8-17-13-18(29)10-11-24(17,3)26(19,28)21(30)14-25(20,27)4/h10-11,13,16,19-21,30,33H,5-9,12,14-15H2,1-4H3/t16?,19?,20?,21?,24?,25?,26-,27-/m0/s1. The second-order valence-corrected chi connectivity index (χ2v) is 11.4. The van der Waals surface area contributed by atoms with Crippen LogP contribution in [-0.4, -0.2) is 51.7 Å². The molecule has 3 saturated carbocycles. The predicted molar refractivity (Wildman–Crippen MR) is 123 cm³/mol. The van der Waals surface area contributed by atoms with E-state index in [1.807, 2.05) is 6.92 Å². The average molecular weight is 477 g/mol. The topological polar surface area (TPSA) is 101 Å². The summed E-state index contributed by atoms with van der Waals surface area (Å²) in [6.45, 7) is 6.72. The normalized spacial score (nSPS) is 45.1. The first-order chi connectivity index (χ1) is 15.9. The van der Waals surface area contributed by atoms with E-state index in [2.05, 4.69) is 0 Å². The molecular weight excluding hydrogens is 439 g/mol. The summed E-state index contributed by atoms with van der Waals surface area (Å²) in [5.41, 5.74) is -5.34. The van der Waals surface area contributed by atoms with Crippen molar-refractivity contribution in [1.82, 2.24) is 0 Å². The van der Waals surface area contributed by atoms with Crippen LogP contribution in [0.25, 0.3) is 0 Å². The summed E-state index contributed by atoms with van der Waals surface area (Å²) in [5.74, 6) is -2.64. The largest absolute Gasteiger partial charge is 0.458 e.